The maximum absolute atomic E-state index is 10.8. The smallest absolute Gasteiger partial charge is 0.223 e. The van der Waals surface area contributed by atoms with Gasteiger partial charge in [0, 0.05) is 17.1 Å². The van der Waals surface area contributed by atoms with Gasteiger partial charge >= 0.3 is 0 Å². The molecule has 0 aliphatic carbocycles. The van der Waals surface area contributed by atoms with Crippen LogP contribution in [0.3, 0.4) is 0 Å². The van der Waals surface area contributed by atoms with Crippen molar-refractivity contribution in [2.24, 2.45) is 17.4 Å². The summed E-state index contributed by atoms with van der Waals surface area (Å²) in [5, 5.41) is 0.562. The lowest BCUT2D eigenvalue weighted by atomic mass is 10.2. The summed E-state index contributed by atoms with van der Waals surface area (Å²) in [6.45, 7) is 2.22. The van der Waals surface area contributed by atoms with Crippen LogP contribution < -0.4 is 16.2 Å². The molecule has 5 heteroatoms. The van der Waals surface area contributed by atoms with Crippen molar-refractivity contribution in [3.8, 4) is 5.75 Å². The summed E-state index contributed by atoms with van der Waals surface area (Å²) in [5.74, 6) is -0.135. The minimum absolute atomic E-state index is 0.225. The molecule has 0 aliphatic rings. The van der Waals surface area contributed by atoms with E-state index in [1.807, 2.05) is 0 Å². The van der Waals surface area contributed by atoms with E-state index in [2.05, 4.69) is 0 Å². The van der Waals surface area contributed by atoms with Crippen molar-refractivity contribution in [3.63, 3.8) is 0 Å². The first-order chi connectivity index (χ1) is 7.56. The molecule has 1 rings (SSSR count). The average Bonchev–Trinajstić information content (AvgIpc) is 2.25. The van der Waals surface area contributed by atoms with Crippen LogP contribution in [0.15, 0.2) is 18.2 Å². The highest BCUT2D eigenvalue weighted by Gasteiger charge is 2.12. The number of carbonyl (C=O) groups is 1. The fraction of sp³-hybridized carbons (Fsp3) is 0.364. The zero-order valence-electron chi connectivity index (χ0n) is 9.07. The quantitative estimate of drug-likeness (QED) is 0.817. The molecule has 1 unspecified atom stereocenters. The van der Waals surface area contributed by atoms with Gasteiger partial charge in [0.15, 0.2) is 0 Å². The predicted octanol–water partition coefficient (Wildman–Crippen LogP) is 1.30. The van der Waals surface area contributed by atoms with Gasteiger partial charge in [0.2, 0.25) is 5.91 Å². The largest absolute Gasteiger partial charge is 0.492 e. The molecule has 1 amide bonds. The van der Waals surface area contributed by atoms with Crippen molar-refractivity contribution in [1.82, 2.24) is 0 Å². The SMILES string of the molecule is CC(COc1cccc(Cl)c1CN)C(N)=O. The van der Waals surface area contributed by atoms with E-state index in [0.717, 1.165) is 5.56 Å². The summed E-state index contributed by atoms with van der Waals surface area (Å²) in [6, 6.07) is 5.28. The van der Waals surface area contributed by atoms with E-state index < -0.39 is 5.91 Å². The minimum atomic E-state index is -0.392. The fourth-order valence-corrected chi connectivity index (χ4v) is 1.41. The normalized spacial score (nSPS) is 12.2. The summed E-state index contributed by atoms with van der Waals surface area (Å²) < 4.78 is 5.47. The van der Waals surface area contributed by atoms with E-state index in [-0.39, 0.29) is 12.5 Å². The Balaban J connectivity index is 2.74. The monoisotopic (exact) mass is 242 g/mol. The molecule has 0 aliphatic heterocycles. The molecule has 16 heavy (non-hydrogen) atoms. The Hall–Kier alpha value is -1.26. The molecule has 0 spiro atoms. The lowest BCUT2D eigenvalue weighted by Crippen LogP contribution is -2.26. The third-order valence-corrected chi connectivity index (χ3v) is 2.61. The van der Waals surface area contributed by atoms with Crippen LogP contribution in [0, 0.1) is 5.92 Å². The second kappa shape index (κ2) is 5.72. The predicted molar refractivity (Wildman–Crippen MR) is 63.2 cm³/mol. The third-order valence-electron chi connectivity index (χ3n) is 2.25. The third kappa shape index (κ3) is 3.12. The highest BCUT2D eigenvalue weighted by atomic mass is 35.5. The Bertz CT molecular complexity index is 382. The van der Waals surface area contributed by atoms with E-state index in [1.165, 1.54) is 0 Å². The number of halogens is 1. The molecule has 1 aromatic rings. The Kier molecular flexibility index (Phi) is 4.58. The van der Waals surface area contributed by atoms with E-state index in [4.69, 9.17) is 27.8 Å². The van der Waals surface area contributed by atoms with Gasteiger partial charge in [-0.15, -0.1) is 0 Å². The van der Waals surface area contributed by atoms with Gasteiger partial charge in [-0.1, -0.05) is 24.6 Å². The Morgan fingerprint density at radius 1 is 1.56 bits per heavy atom. The number of carbonyl (C=O) groups excluding carboxylic acids is 1. The maximum Gasteiger partial charge on any atom is 0.223 e. The van der Waals surface area contributed by atoms with Crippen molar-refractivity contribution >= 4 is 17.5 Å². The molecule has 0 heterocycles. The van der Waals surface area contributed by atoms with E-state index >= 15 is 0 Å². The molecular formula is C11H15ClN2O2. The van der Waals surface area contributed by atoms with E-state index in [0.29, 0.717) is 17.3 Å². The number of hydrogen-bond acceptors (Lipinski definition) is 3. The minimum Gasteiger partial charge on any atom is -0.492 e. The number of primary amides is 1. The van der Waals surface area contributed by atoms with Crippen molar-refractivity contribution in [2.45, 2.75) is 13.5 Å². The summed E-state index contributed by atoms with van der Waals surface area (Å²) in [4.78, 5) is 10.8. The van der Waals surface area contributed by atoms with Gasteiger partial charge < -0.3 is 16.2 Å². The van der Waals surface area contributed by atoms with Crippen molar-refractivity contribution in [2.75, 3.05) is 6.61 Å². The second-order valence-corrected chi connectivity index (χ2v) is 3.94. The first-order valence-electron chi connectivity index (χ1n) is 4.95. The molecule has 1 atom stereocenters. The number of benzene rings is 1. The number of hydrogen-bond donors (Lipinski definition) is 2. The van der Waals surface area contributed by atoms with Gasteiger partial charge in [-0.25, -0.2) is 0 Å². The lowest BCUT2D eigenvalue weighted by molar-refractivity contribution is -0.122. The maximum atomic E-state index is 10.8. The van der Waals surface area contributed by atoms with Crippen LogP contribution in [-0.4, -0.2) is 12.5 Å². The summed E-state index contributed by atoms with van der Waals surface area (Å²) in [7, 11) is 0. The van der Waals surface area contributed by atoms with Crippen molar-refractivity contribution in [3.05, 3.63) is 28.8 Å². The molecule has 4 nitrogen and oxygen atoms in total. The molecule has 0 aromatic heterocycles. The first-order valence-corrected chi connectivity index (χ1v) is 5.33. The molecule has 4 N–H and O–H groups in total. The number of rotatable bonds is 5. The van der Waals surface area contributed by atoms with Gasteiger partial charge in [0.05, 0.1) is 12.5 Å². The highest BCUT2D eigenvalue weighted by molar-refractivity contribution is 6.31. The van der Waals surface area contributed by atoms with Crippen LogP contribution in [-0.2, 0) is 11.3 Å². The van der Waals surface area contributed by atoms with Gasteiger partial charge in [-0.2, -0.15) is 0 Å². The lowest BCUT2D eigenvalue weighted by Gasteiger charge is -2.13. The van der Waals surface area contributed by atoms with Crippen LogP contribution >= 0.6 is 11.6 Å². The zero-order valence-corrected chi connectivity index (χ0v) is 9.83. The number of nitrogens with two attached hydrogens (primary N) is 2. The van der Waals surface area contributed by atoms with Crippen molar-refractivity contribution in [1.29, 1.82) is 0 Å². The molecule has 0 radical (unpaired) electrons. The highest BCUT2D eigenvalue weighted by Crippen LogP contribution is 2.26. The summed E-state index contributed by atoms with van der Waals surface area (Å²) >= 11 is 5.96. The topological polar surface area (TPSA) is 78.3 Å². The Morgan fingerprint density at radius 3 is 2.81 bits per heavy atom. The van der Waals surface area contributed by atoms with Gasteiger partial charge in [0.25, 0.3) is 0 Å². The molecule has 88 valence electrons. The number of ether oxygens (including phenoxy) is 1. The van der Waals surface area contributed by atoms with E-state index in [1.54, 1.807) is 25.1 Å². The zero-order chi connectivity index (χ0) is 12.1. The van der Waals surface area contributed by atoms with Gasteiger partial charge in [-0.3, -0.25) is 4.79 Å². The standard InChI is InChI=1S/C11H15ClN2O2/c1-7(11(14)15)6-16-10-4-2-3-9(12)8(10)5-13/h2-4,7H,5-6,13H2,1H3,(H2,14,15). The van der Waals surface area contributed by atoms with Crippen LogP contribution in [0.4, 0.5) is 0 Å². The van der Waals surface area contributed by atoms with Crippen LogP contribution in [0.2, 0.25) is 5.02 Å². The Labute approximate surface area is 99.5 Å². The molecule has 0 saturated heterocycles. The fourth-order valence-electron chi connectivity index (χ4n) is 1.17. The summed E-state index contributed by atoms with van der Waals surface area (Å²) in [5.41, 5.74) is 11.4. The molecular weight excluding hydrogens is 228 g/mol. The van der Waals surface area contributed by atoms with Crippen LogP contribution in [0.25, 0.3) is 0 Å². The molecule has 1 aromatic carbocycles. The molecule has 0 fully saturated rings. The molecule has 0 saturated carbocycles. The van der Waals surface area contributed by atoms with Crippen LogP contribution in [0.1, 0.15) is 12.5 Å². The first kappa shape index (κ1) is 12.8. The van der Waals surface area contributed by atoms with Crippen molar-refractivity contribution < 1.29 is 9.53 Å². The van der Waals surface area contributed by atoms with E-state index in [9.17, 15) is 4.79 Å². The Morgan fingerprint density at radius 2 is 2.25 bits per heavy atom. The number of amides is 1. The second-order valence-electron chi connectivity index (χ2n) is 3.54. The van der Waals surface area contributed by atoms with Gasteiger partial charge in [-0.05, 0) is 12.1 Å². The average molecular weight is 243 g/mol. The van der Waals surface area contributed by atoms with Gasteiger partial charge in [0.1, 0.15) is 5.75 Å². The van der Waals surface area contributed by atoms with Crippen LogP contribution in [0.5, 0.6) is 5.75 Å². The summed E-state index contributed by atoms with van der Waals surface area (Å²) in [6.07, 6.45) is 0. The molecule has 0 bridgehead atoms.